The van der Waals surface area contributed by atoms with Gasteiger partial charge in [0.05, 0.1) is 47.1 Å². The highest BCUT2D eigenvalue weighted by molar-refractivity contribution is 6.32. The minimum atomic E-state index is -0.103. The Morgan fingerprint density at radius 3 is 3.00 bits per heavy atom. The molecule has 2 aromatic heterocycles. The number of fused-ring (bicyclic) bond motifs is 3. The number of carbonyl (C=O) groups excluding carboxylic acids is 1. The molecule has 1 amide bonds. The number of amides is 1. The first-order chi connectivity index (χ1) is 16.1. The van der Waals surface area contributed by atoms with Gasteiger partial charge in [0.25, 0.3) is 5.91 Å². The van der Waals surface area contributed by atoms with Gasteiger partial charge in [-0.25, -0.2) is 0 Å². The Labute approximate surface area is 195 Å². The first-order valence-electron chi connectivity index (χ1n) is 11.0. The fourth-order valence-corrected chi connectivity index (χ4v) is 4.78. The number of methoxy groups -OCH3 is 1. The van der Waals surface area contributed by atoms with E-state index in [-0.39, 0.29) is 24.0 Å². The molecule has 3 aliphatic rings. The second kappa shape index (κ2) is 7.97. The zero-order valence-electron chi connectivity index (χ0n) is 18.0. The standard InChI is InChI=1S/C24H23ClN4O4/c1-31-23-15(25)3-2-4-16(23)27-22-19-20(14-9-17(14)28-24(19)30)29-21(22)13-5-7-26-10-18(13)33-11-12-6-8-32-12/h2-5,7,10,12,14,17,27,29H,6,8-9,11H2,1H3,(H,28,30)/t12-,14-,17?/m0/s1. The average molecular weight is 467 g/mol. The third-order valence-electron chi connectivity index (χ3n) is 6.44. The van der Waals surface area contributed by atoms with E-state index in [1.165, 1.54) is 0 Å². The van der Waals surface area contributed by atoms with Crippen LogP contribution in [0.5, 0.6) is 11.5 Å². The Bertz CT molecular complexity index is 1240. The molecule has 9 heteroatoms. The van der Waals surface area contributed by atoms with Crippen molar-refractivity contribution in [1.82, 2.24) is 15.3 Å². The molecular weight excluding hydrogens is 444 g/mol. The third kappa shape index (κ3) is 3.50. The molecule has 0 spiro atoms. The number of hydrogen-bond donors (Lipinski definition) is 3. The van der Waals surface area contributed by atoms with Crippen molar-refractivity contribution in [2.45, 2.75) is 30.9 Å². The molecule has 4 heterocycles. The normalized spacial score (nSPS) is 22.5. The number of ether oxygens (including phenoxy) is 3. The molecule has 3 N–H and O–H groups in total. The van der Waals surface area contributed by atoms with Gasteiger partial charge in [-0.05, 0) is 24.6 Å². The van der Waals surface area contributed by atoms with Gasteiger partial charge in [-0.2, -0.15) is 0 Å². The molecule has 3 atom stereocenters. The number of nitrogens with one attached hydrogen (secondary N) is 3. The first-order valence-corrected chi connectivity index (χ1v) is 11.4. The number of carbonyl (C=O) groups is 1. The van der Waals surface area contributed by atoms with Gasteiger partial charge in [0.15, 0.2) is 5.75 Å². The van der Waals surface area contributed by atoms with E-state index >= 15 is 0 Å². The fourth-order valence-electron chi connectivity index (χ4n) is 4.52. The smallest absolute Gasteiger partial charge is 0.255 e. The van der Waals surface area contributed by atoms with Crippen LogP contribution in [0.4, 0.5) is 11.4 Å². The molecule has 2 fully saturated rings. The minimum absolute atomic E-state index is 0.0984. The van der Waals surface area contributed by atoms with E-state index in [1.54, 1.807) is 25.6 Å². The number of aromatic nitrogens is 2. The number of anilines is 2. The molecule has 3 aromatic rings. The average Bonchev–Trinajstić information content (AvgIpc) is 3.45. The summed E-state index contributed by atoms with van der Waals surface area (Å²) in [7, 11) is 1.57. The molecule has 0 bridgehead atoms. The molecule has 0 radical (unpaired) electrons. The Kier molecular flexibility index (Phi) is 4.92. The van der Waals surface area contributed by atoms with Gasteiger partial charge >= 0.3 is 0 Å². The summed E-state index contributed by atoms with van der Waals surface area (Å²) in [4.78, 5) is 20.8. The van der Waals surface area contributed by atoms with E-state index < -0.39 is 0 Å². The van der Waals surface area contributed by atoms with Crippen LogP contribution >= 0.6 is 11.6 Å². The maximum atomic E-state index is 13.1. The number of para-hydroxylation sites is 1. The van der Waals surface area contributed by atoms with Crippen LogP contribution in [-0.2, 0) is 4.74 Å². The van der Waals surface area contributed by atoms with Crippen LogP contribution in [0, 0.1) is 0 Å². The van der Waals surface area contributed by atoms with Crippen LogP contribution < -0.4 is 20.1 Å². The van der Waals surface area contributed by atoms with Crippen molar-refractivity contribution in [3.05, 3.63) is 52.9 Å². The SMILES string of the molecule is COc1c(Cl)cccc1Nc1c(-c2ccncc2OC[C@@H]2CCO2)[nH]c2c1C(=O)NC1C[C@H]21. The largest absolute Gasteiger partial charge is 0.493 e. The summed E-state index contributed by atoms with van der Waals surface area (Å²) in [6, 6.07) is 7.54. The van der Waals surface area contributed by atoms with Crippen LogP contribution in [0.15, 0.2) is 36.7 Å². The van der Waals surface area contributed by atoms with Crippen LogP contribution in [0.2, 0.25) is 5.02 Å². The van der Waals surface area contributed by atoms with Crippen molar-refractivity contribution in [3.63, 3.8) is 0 Å². The van der Waals surface area contributed by atoms with E-state index in [0.29, 0.717) is 40.1 Å². The maximum Gasteiger partial charge on any atom is 0.255 e. The summed E-state index contributed by atoms with van der Waals surface area (Å²) in [5.41, 5.74) is 4.44. The lowest BCUT2D eigenvalue weighted by Gasteiger charge is -2.26. The van der Waals surface area contributed by atoms with Crippen molar-refractivity contribution in [2.24, 2.45) is 0 Å². The van der Waals surface area contributed by atoms with Gasteiger partial charge < -0.3 is 29.8 Å². The highest BCUT2D eigenvalue weighted by Gasteiger charge is 2.48. The zero-order chi connectivity index (χ0) is 22.5. The first kappa shape index (κ1) is 20.4. The lowest BCUT2D eigenvalue weighted by atomic mass is 10.0. The van der Waals surface area contributed by atoms with Crippen LogP contribution in [0.3, 0.4) is 0 Å². The third-order valence-corrected chi connectivity index (χ3v) is 6.73. The summed E-state index contributed by atoms with van der Waals surface area (Å²) in [6.45, 7) is 1.22. The fraction of sp³-hybridized carbons (Fsp3) is 0.333. The lowest BCUT2D eigenvalue weighted by molar-refractivity contribution is -0.0720. The topological polar surface area (TPSA) is 97.5 Å². The van der Waals surface area contributed by atoms with E-state index in [4.69, 9.17) is 25.8 Å². The number of rotatable bonds is 7. The van der Waals surface area contributed by atoms with Crippen molar-refractivity contribution in [2.75, 3.05) is 25.6 Å². The van der Waals surface area contributed by atoms with Gasteiger partial charge in [0, 0.05) is 42.4 Å². The molecule has 1 aromatic carbocycles. The van der Waals surface area contributed by atoms with Crippen molar-refractivity contribution >= 4 is 28.9 Å². The summed E-state index contributed by atoms with van der Waals surface area (Å²) >= 11 is 6.35. The van der Waals surface area contributed by atoms with Crippen molar-refractivity contribution < 1.29 is 19.0 Å². The van der Waals surface area contributed by atoms with Crippen LogP contribution in [0.25, 0.3) is 11.3 Å². The highest BCUT2D eigenvalue weighted by Crippen LogP contribution is 2.51. The van der Waals surface area contributed by atoms with E-state index in [9.17, 15) is 4.79 Å². The van der Waals surface area contributed by atoms with Gasteiger partial charge in [-0.1, -0.05) is 17.7 Å². The van der Waals surface area contributed by atoms with E-state index in [2.05, 4.69) is 20.6 Å². The molecule has 33 heavy (non-hydrogen) atoms. The Hall–Kier alpha value is -3.23. The van der Waals surface area contributed by atoms with E-state index in [0.717, 1.165) is 36.4 Å². The van der Waals surface area contributed by atoms with Gasteiger partial charge in [-0.3, -0.25) is 9.78 Å². The monoisotopic (exact) mass is 466 g/mol. The second-order valence-corrected chi connectivity index (χ2v) is 8.90. The number of halogens is 1. The second-order valence-electron chi connectivity index (χ2n) is 8.50. The molecule has 1 aliphatic carbocycles. The summed E-state index contributed by atoms with van der Waals surface area (Å²) in [6.07, 6.45) is 5.42. The predicted octanol–water partition coefficient (Wildman–Crippen LogP) is 4.25. The number of nitrogens with zero attached hydrogens (tertiary/aromatic N) is 1. The number of aromatic amines is 1. The molecular formula is C24H23ClN4O4. The number of H-pyrrole nitrogens is 1. The Morgan fingerprint density at radius 1 is 1.33 bits per heavy atom. The van der Waals surface area contributed by atoms with Crippen LogP contribution in [-0.4, -0.2) is 48.3 Å². The Balaban J connectivity index is 1.46. The number of benzene rings is 1. The van der Waals surface area contributed by atoms with Crippen molar-refractivity contribution in [1.29, 1.82) is 0 Å². The molecule has 6 rings (SSSR count). The van der Waals surface area contributed by atoms with E-state index in [1.807, 2.05) is 18.2 Å². The zero-order valence-corrected chi connectivity index (χ0v) is 18.7. The van der Waals surface area contributed by atoms with Crippen molar-refractivity contribution in [3.8, 4) is 22.8 Å². The summed E-state index contributed by atoms with van der Waals surface area (Å²) in [5.74, 6) is 1.31. The molecule has 170 valence electrons. The lowest BCUT2D eigenvalue weighted by Crippen LogP contribution is -2.32. The molecule has 1 unspecified atom stereocenters. The molecule has 1 saturated heterocycles. The molecule has 2 aliphatic heterocycles. The summed E-state index contributed by atoms with van der Waals surface area (Å²) < 4.78 is 17.1. The quantitative estimate of drug-likeness (QED) is 0.481. The molecule has 8 nitrogen and oxygen atoms in total. The van der Waals surface area contributed by atoms with Gasteiger partial charge in [0.1, 0.15) is 12.4 Å². The maximum absolute atomic E-state index is 13.1. The molecule has 1 saturated carbocycles. The van der Waals surface area contributed by atoms with Gasteiger partial charge in [-0.15, -0.1) is 0 Å². The Morgan fingerprint density at radius 2 is 2.21 bits per heavy atom. The highest BCUT2D eigenvalue weighted by atomic mass is 35.5. The summed E-state index contributed by atoms with van der Waals surface area (Å²) in [5, 5.41) is 7.00. The number of hydrogen-bond acceptors (Lipinski definition) is 6. The number of pyridine rings is 1. The van der Waals surface area contributed by atoms with Crippen LogP contribution in [0.1, 0.15) is 34.8 Å². The minimum Gasteiger partial charge on any atom is -0.493 e. The van der Waals surface area contributed by atoms with Gasteiger partial charge in [0.2, 0.25) is 0 Å². The predicted molar refractivity (Wildman–Crippen MR) is 124 cm³/mol.